The second-order valence-electron chi connectivity index (χ2n) is 6.25. The quantitative estimate of drug-likeness (QED) is 0.802. The summed E-state index contributed by atoms with van der Waals surface area (Å²) in [6.45, 7) is 4.00. The topological polar surface area (TPSA) is 32.8 Å². The minimum Gasteiger partial charge on any atom is -0.496 e. The first-order chi connectivity index (χ1) is 12.7. The Balaban J connectivity index is 1.54. The van der Waals surface area contributed by atoms with Crippen LogP contribution in [0.1, 0.15) is 15.9 Å². The minimum absolute atomic E-state index is 0.0242. The molecule has 1 amide bonds. The molecule has 0 aromatic heterocycles. The molecule has 0 N–H and O–H groups in total. The molecule has 4 nitrogen and oxygen atoms in total. The molecule has 1 aliphatic heterocycles. The van der Waals surface area contributed by atoms with Gasteiger partial charge in [0.1, 0.15) is 5.75 Å². The highest BCUT2D eigenvalue weighted by atomic mass is 35.5. The predicted molar refractivity (Wildman–Crippen MR) is 106 cm³/mol. The third-order valence-corrected chi connectivity index (χ3v) is 4.76. The highest BCUT2D eigenvalue weighted by molar-refractivity contribution is 6.31. The molecule has 0 radical (unpaired) electrons. The van der Waals surface area contributed by atoms with Gasteiger partial charge in [0, 0.05) is 37.7 Å². The van der Waals surface area contributed by atoms with Gasteiger partial charge in [-0.2, -0.15) is 0 Å². The number of halogens is 1. The Bertz CT molecular complexity index is 769. The fourth-order valence-electron chi connectivity index (χ4n) is 3.05. The van der Waals surface area contributed by atoms with E-state index in [2.05, 4.69) is 29.2 Å². The molecule has 1 fully saturated rings. The number of carbonyl (C=O) groups is 1. The van der Waals surface area contributed by atoms with E-state index in [1.165, 1.54) is 5.56 Å². The number of hydrogen-bond acceptors (Lipinski definition) is 3. The largest absolute Gasteiger partial charge is 0.496 e. The standard InChI is InChI=1S/C21H23ClN2O2/c1-26-20-10-9-18(22)16-19(20)21(25)24-14-12-23(13-15-24)11-5-8-17-6-3-2-4-7-17/h2-10,16H,11-15H2,1H3. The first-order valence-electron chi connectivity index (χ1n) is 8.74. The average Bonchev–Trinajstić information content (AvgIpc) is 2.69. The first kappa shape index (κ1) is 18.5. The molecule has 0 unspecified atom stereocenters. The third kappa shape index (κ3) is 4.65. The van der Waals surface area contributed by atoms with Crippen molar-refractivity contribution >= 4 is 23.6 Å². The van der Waals surface area contributed by atoms with E-state index in [1.807, 2.05) is 23.1 Å². The van der Waals surface area contributed by atoms with E-state index in [4.69, 9.17) is 16.3 Å². The number of carbonyl (C=O) groups excluding carboxylic acids is 1. The number of rotatable bonds is 5. The van der Waals surface area contributed by atoms with Gasteiger partial charge in [0.15, 0.2) is 0 Å². The number of piperazine rings is 1. The van der Waals surface area contributed by atoms with Gasteiger partial charge in [-0.05, 0) is 23.8 Å². The van der Waals surface area contributed by atoms with E-state index in [9.17, 15) is 4.79 Å². The molecule has 26 heavy (non-hydrogen) atoms. The van der Waals surface area contributed by atoms with Crippen LogP contribution in [-0.4, -0.2) is 55.5 Å². The van der Waals surface area contributed by atoms with Crippen molar-refractivity contribution in [1.82, 2.24) is 9.80 Å². The Morgan fingerprint density at radius 1 is 1.12 bits per heavy atom. The van der Waals surface area contributed by atoms with E-state index in [1.54, 1.807) is 25.3 Å². The maximum Gasteiger partial charge on any atom is 0.257 e. The zero-order valence-corrected chi connectivity index (χ0v) is 15.7. The van der Waals surface area contributed by atoms with Gasteiger partial charge in [-0.25, -0.2) is 0 Å². The summed E-state index contributed by atoms with van der Waals surface area (Å²) in [5, 5.41) is 0.541. The van der Waals surface area contributed by atoms with Crippen LogP contribution in [0.4, 0.5) is 0 Å². The van der Waals surface area contributed by atoms with Crippen molar-refractivity contribution < 1.29 is 9.53 Å². The SMILES string of the molecule is COc1ccc(Cl)cc1C(=O)N1CCN(CC=Cc2ccccc2)CC1. The molecule has 136 valence electrons. The van der Waals surface area contributed by atoms with Crippen LogP contribution in [0.15, 0.2) is 54.6 Å². The third-order valence-electron chi connectivity index (χ3n) is 4.52. The maximum absolute atomic E-state index is 12.8. The second kappa shape index (κ2) is 8.88. The Morgan fingerprint density at radius 3 is 2.54 bits per heavy atom. The van der Waals surface area contributed by atoms with Gasteiger partial charge in [0.05, 0.1) is 12.7 Å². The Morgan fingerprint density at radius 2 is 1.85 bits per heavy atom. The van der Waals surface area contributed by atoms with E-state index >= 15 is 0 Å². The van der Waals surface area contributed by atoms with E-state index < -0.39 is 0 Å². The second-order valence-corrected chi connectivity index (χ2v) is 6.69. The summed E-state index contributed by atoms with van der Waals surface area (Å²) in [5.41, 5.74) is 1.73. The van der Waals surface area contributed by atoms with E-state index in [-0.39, 0.29) is 5.91 Å². The number of methoxy groups -OCH3 is 1. The van der Waals surface area contributed by atoms with Crippen molar-refractivity contribution in [1.29, 1.82) is 0 Å². The minimum atomic E-state index is -0.0242. The van der Waals surface area contributed by atoms with E-state index in [0.29, 0.717) is 29.4 Å². The van der Waals surface area contributed by atoms with Crippen LogP contribution in [0.3, 0.4) is 0 Å². The summed E-state index contributed by atoms with van der Waals surface area (Å²) in [6, 6.07) is 15.4. The lowest BCUT2D eigenvalue weighted by molar-refractivity contribution is 0.0647. The molecule has 0 saturated carbocycles. The van der Waals surface area contributed by atoms with Gasteiger partial charge < -0.3 is 9.64 Å². The molecule has 2 aromatic carbocycles. The molecule has 1 saturated heterocycles. The number of ether oxygens (including phenoxy) is 1. The molecule has 0 aliphatic carbocycles. The smallest absolute Gasteiger partial charge is 0.257 e. The van der Waals surface area contributed by atoms with Gasteiger partial charge in [-0.3, -0.25) is 9.69 Å². The van der Waals surface area contributed by atoms with Crippen molar-refractivity contribution in [2.75, 3.05) is 39.8 Å². The van der Waals surface area contributed by atoms with Crippen molar-refractivity contribution in [2.45, 2.75) is 0 Å². The fourth-order valence-corrected chi connectivity index (χ4v) is 3.23. The predicted octanol–water partition coefficient (Wildman–Crippen LogP) is 3.82. The average molecular weight is 371 g/mol. The summed E-state index contributed by atoms with van der Waals surface area (Å²) in [7, 11) is 1.57. The summed E-state index contributed by atoms with van der Waals surface area (Å²) in [5.74, 6) is 0.538. The van der Waals surface area contributed by atoms with Crippen LogP contribution >= 0.6 is 11.6 Å². The Hall–Kier alpha value is -2.30. The summed E-state index contributed by atoms with van der Waals surface area (Å²) >= 11 is 6.05. The van der Waals surface area contributed by atoms with Gasteiger partial charge in [-0.1, -0.05) is 54.1 Å². The maximum atomic E-state index is 12.8. The van der Waals surface area contributed by atoms with Crippen molar-refractivity contribution in [3.05, 3.63) is 70.8 Å². The fraction of sp³-hybridized carbons (Fsp3) is 0.286. The molecular formula is C21H23ClN2O2. The number of amides is 1. The van der Waals surface area contributed by atoms with Crippen LogP contribution in [0.25, 0.3) is 6.08 Å². The first-order valence-corrected chi connectivity index (χ1v) is 9.12. The van der Waals surface area contributed by atoms with Crippen LogP contribution < -0.4 is 4.74 Å². The molecule has 1 aliphatic rings. The normalized spacial score (nSPS) is 15.4. The zero-order chi connectivity index (χ0) is 18.4. The van der Waals surface area contributed by atoms with Crippen LogP contribution in [0, 0.1) is 0 Å². The number of benzene rings is 2. The molecule has 5 heteroatoms. The Labute approximate surface area is 159 Å². The zero-order valence-electron chi connectivity index (χ0n) is 14.9. The van der Waals surface area contributed by atoms with Crippen molar-refractivity contribution in [2.24, 2.45) is 0 Å². The van der Waals surface area contributed by atoms with Gasteiger partial charge >= 0.3 is 0 Å². The van der Waals surface area contributed by atoms with E-state index in [0.717, 1.165) is 19.6 Å². The van der Waals surface area contributed by atoms with Crippen molar-refractivity contribution in [3.8, 4) is 5.75 Å². The highest BCUT2D eigenvalue weighted by Crippen LogP contribution is 2.24. The van der Waals surface area contributed by atoms with Gasteiger partial charge in [-0.15, -0.1) is 0 Å². The summed E-state index contributed by atoms with van der Waals surface area (Å²) in [4.78, 5) is 17.0. The number of nitrogens with zero attached hydrogens (tertiary/aromatic N) is 2. The molecule has 0 spiro atoms. The summed E-state index contributed by atoms with van der Waals surface area (Å²) in [6.07, 6.45) is 4.31. The van der Waals surface area contributed by atoms with Crippen LogP contribution in [-0.2, 0) is 0 Å². The molecule has 1 heterocycles. The lowest BCUT2D eigenvalue weighted by Gasteiger charge is -2.34. The number of hydrogen-bond donors (Lipinski definition) is 0. The van der Waals surface area contributed by atoms with Gasteiger partial charge in [0.25, 0.3) is 5.91 Å². The Kier molecular flexibility index (Phi) is 6.31. The monoisotopic (exact) mass is 370 g/mol. The lowest BCUT2D eigenvalue weighted by atomic mass is 10.1. The van der Waals surface area contributed by atoms with Crippen LogP contribution in [0.2, 0.25) is 5.02 Å². The molecule has 2 aromatic rings. The highest BCUT2D eigenvalue weighted by Gasteiger charge is 2.24. The molecule has 3 rings (SSSR count). The lowest BCUT2D eigenvalue weighted by Crippen LogP contribution is -2.48. The van der Waals surface area contributed by atoms with Gasteiger partial charge in [0.2, 0.25) is 0 Å². The van der Waals surface area contributed by atoms with Crippen molar-refractivity contribution in [3.63, 3.8) is 0 Å². The summed E-state index contributed by atoms with van der Waals surface area (Å²) < 4.78 is 5.30. The molecule has 0 bridgehead atoms. The van der Waals surface area contributed by atoms with Crippen LogP contribution in [0.5, 0.6) is 5.75 Å². The molecular weight excluding hydrogens is 348 g/mol. The molecule has 0 atom stereocenters.